The maximum absolute atomic E-state index is 12.1. The lowest BCUT2D eigenvalue weighted by Gasteiger charge is -2.14. The van der Waals surface area contributed by atoms with Gasteiger partial charge in [0.15, 0.2) is 5.43 Å². The van der Waals surface area contributed by atoms with E-state index in [1.807, 2.05) is 36.4 Å². The summed E-state index contributed by atoms with van der Waals surface area (Å²) in [5.41, 5.74) is 5.50. The summed E-state index contributed by atoms with van der Waals surface area (Å²) in [7, 11) is 0. The highest BCUT2D eigenvalue weighted by atomic mass is 16.5. The smallest absolute Gasteiger partial charge is 0.407 e. The van der Waals surface area contributed by atoms with Crippen molar-refractivity contribution in [2.75, 3.05) is 13.2 Å². The van der Waals surface area contributed by atoms with Crippen LogP contribution >= 0.6 is 0 Å². The predicted octanol–water partition coefficient (Wildman–Crippen LogP) is 4.32. The standard InChI is InChI=1S/C24H22N2O3/c27-18-12-14-25-17(15-18)7-5-6-13-26-24(28)29-16-23-21-10-3-1-8-19(21)20-9-2-4-11-22(20)23/h1-5,7-12,14-15,23H,6,13,16H2,(H,25,27)(H,26,28). The maximum Gasteiger partial charge on any atom is 0.407 e. The lowest BCUT2D eigenvalue weighted by Crippen LogP contribution is -2.26. The van der Waals surface area contributed by atoms with Crippen LogP contribution in [0.3, 0.4) is 0 Å². The summed E-state index contributed by atoms with van der Waals surface area (Å²) < 4.78 is 5.50. The summed E-state index contributed by atoms with van der Waals surface area (Å²) in [6, 6.07) is 19.5. The van der Waals surface area contributed by atoms with Gasteiger partial charge in [-0.2, -0.15) is 0 Å². The van der Waals surface area contributed by atoms with E-state index in [-0.39, 0.29) is 11.3 Å². The van der Waals surface area contributed by atoms with Crippen molar-refractivity contribution in [3.8, 4) is 11.1 Å². The molecule has 0 saturated carbocycles. The van der Waals surface area contributed by atoms with E-state index in [0.717, 1.165) is 5.69 Å². The van der Waals surface area contributed by atoms with Gasteiger partial charge in [0.2, 0.25) is 0 Å². The highest BCUT2D eigenvalue weighted by Gasteiger charge is 2.28. The molecule has 0 unspecified atom stereocenters. The van der Waals surface area contributed by atoms with Gasteiger partial charge >= 0.3 is 6.09 Å². The molecule has 0 spiro atoms. The zero-order chi connectivity index (χ0) is 20.1. The topological polar surface area (TPSA) is 71.2 Å². The second-order valence-corrected chi connectivity index (χ2v) is 6.92. The number of ether oxygens (including phenoxy) is 1. The number of carbonyl (C=O) groups is 1. The van der Waals surface area contributed by atoms with E-state index < -0.39 is 6.09 Å². The van der Waals surface area contributed by atoms with Crippen LogP contribution in [-0.2, 0) is 4.74 Å². The first-order valence-electron chi connectivity index (χ1n) is 9.66. The highest BCUT2D eigenvalue weighted by molar-refractivity contribution is 5.79. The van der Waals surface area contributed by atoms with Crippen LogP contribution in [0.15, 0.2) is 77.7 Å². The second-order valence-electron chi connectivity index (χ2n) is 6.92. The van der Waals surface area contributed by atoms with Crippen molar-refractivity contribution in [1.82, 2.24) is 10.3 Å². The van der Waals surface area contributed by atoms with Gasteiger partial charge in [-0.05, 0) is 34.8 Å². The van der Waals surface area contributed by atoms with E-state index in [2.05, 4.69) is 34.6 Å². The molecule has 5 heteroatoms. The third-order valence-corrected chi connectivity index (χ3v) is 5.02. The van der Waals surface area contributed by atoms with Gasteiger partial charge in [-0.1, -0.05) is 54.6 Å². The summed E-state index contributed by atoms with van der Waals surface area (Å²) in [6.07, 6.45) is 5.54. The molecule has 5 nitrogen and oxygen atoms in total. The molecule has 1 aliphatic carbocycles. The monoisotopic (exact) mass is 386 g/mol. The van der Waals surface area contributed by atoms with E-state index in [1.54, 1.807) is 6.20 Å². The first kappa shape index (κ1) is 18.7. The van der Waals surface area contributed by atoms with Crippen LogP contribution in [-0.4, -0.2) is 24.2 Å². The van der Waals surface area contributed by atoms with E-state index in [1.165, 1.54) is 34.4 Å². The summed E-state index contributed by atoms with van der Waals surface area (Å²) in [5.74, 6) is 0.0583. The van der Waals surface area contributed by atoms with Crippen LogP contribution in [0.5, 0.6) is 0 Å². The average Bonchev–Trinajstić information content (AvgIpc) is 3.06. The van der Waals surface area contributed by atoms with Crippen molar-refractivity contribution in [1.29, 1.82) is 0 Å². The number of carbonyl (C=O) groups excluding carboxylic acids is 1. The molecule has 2 aromatic carbocycles. The maximum atomic E-state index is 12.1. The summed E-state index contributed by atoms with van der Waals surface area (Å²) >= 11 is 0. The van der Waals surface area contributed by atoms with Crippen molar-refractivity contribution >= 4 is 12.2 Å². The van der Waals surface area contributed by atoms with Crippen molar-refractivity contribution in [3.05, 3.63) is 100.0 Å². The minimum absolute atomic E-state index is 0.0415. The fourth-order valence-corrected chi connectivity index (χ4v) is 3.68. The van der Waals surface area contributed by atoms with E-state index in [0.29, 0.717) is 19.6 Å². The highest BCUT2D eigenvalue weighted by Crippen LogP contribution is 2.44. The van der Waals surface area contributed by atoms with Crippen molar-refractivity contribution in [3.63, 3.8) is 0 Å². The molecule has 1 aliphatic rings. The zero-order valence-corrected chi connectivity index (χ0v) is 15.9. The zero-order valence-electron chi connectivity index (χ0n) is 15.9. The Kier molecular flexibility index (Phi) is 5.56. The first-order valence-corrected chi connectivity index (χ1v) is 9.66. The van der Waals surface area contributed by atoms with Crippen LogP contribution in [0, 0.1) is 0 Å². The number of hydrogen-bond donors (Lipinski definition) is 2. The molecule has 1 aromatic heterocycles. The number of amides is 1. The number of hydrogen-bond acceptors (Lipinski definition) is 3. The molecule has 0 aliphatic heterocycles. The molecule has 146 valence electrons. The van der Waals surface area contributed by atoms with Gasteiger partial charge in [-0.25, -0.2) is 4.79 Å². The van der Waals surface area contributed by atoms with Crippen molar-refractivity contribution in [2.24, 2.45) is 0 Å². The Morgan fingerprint density at radius 1 is 1.03 bits per heavy atom. The molecule has 2 N–H and O–H groups in total. The minimum Gasteiger partial charge on any atom is -0.449 e. The third-order valence-electron chi connectivity index (χ3n) is 5.02. The number of H-pyrrole nitrogens is 1. The van der Waals surface area contributed by atoms with Crippen molar-refractivity contribution < 1.29 is 9.53 Å². The van der Waals surface area contributed by atoms with Gasteiger partial charge in [0.05, 0.1) is 0 Å². The molecule has 3 aromatic rings. The molecule has 29 heavy (non-hydrogen) atoms. The lowest BCUT2D eigenvalue weighted by atomic mass is 9.98. The number of alkyl carbamates (subject to hydrolysis) is 1. The lowest BCUT2D eigenvalue weighted by molar-refractivity contribution is 0.143. The first-order chi connectivity index (χ1) is 14.2. The molecule has 4 rings (SSSR count). The molecule has 0 bridgehead atoms. The van der Waals surface area contributed by atoms with Gasteiger partial charge < -0.3 is 15.0 Å². The normalized spacial score (nSPS) is 12.6. The second kappa shape index (κ2) is 8.61. The number of rotatable bonds is 6. The SMILES string of the molecule is O=C(NCCC=Cc1cc(=O)cc[nH]1)OCC1c2ccccc2-c2ccccc21. The number of benzene rings is 2. The number of aromatic nitrogens is 1. The summed E-state index contributed by atoms with van der Waals surface area (Å²) in [5, 5.41) is 2.77. The molecular weight excluding hydrogens is 364 g/mol. The quantitative estimate of drug-likeness (QED) is 0.620. The Morgan fingerprint density at radius 2 is 1.72 bits per heavy atom. The number of pyridine rings is 1. The van der Waals surface area contributed by atoms with Gasteiger partial charge in [0.1, 0.15) is 6.61 Å². The Hall–Kier alpha value is -3.60. The molecular formula is C24H22N2O3. The summed E-state index contributed by atoms with van der Waals surface area (Å²) in [6.45, 7) is 0.769. The Bertz CT molecular complexity index is 1060. The fraction of sp³-hybridized carbons (Fsp3) is 0.167. The van der Waals surface area contributed by atoms with Crippen LogP contribution in [0.1, 0.15) is 29.2 Å². The van der Waals surface area contributed by atoms with Gasteiger partial charge in [-0.3, -0.25) is 4.79 Å². The Labute approximate surface area is 169 Å². The molecule has 0 fully saturated rings. The van der Waals surface area contributed by atoms with E-state index >= 15 is 0 Å². The van der Waals surface area contributed by atoms with Crippen LogP contribution in [0.2, 0.25) is 0 Å². The number of fused-ring (bicyclic) bond motifs is 3. The molecule has 1 heterocycles. The van der Waals surface area contributed by atoms with E-state index in [4.69, 9.17) is 4.74 Å². The van der Waals surface area contributed by atoms with Gasteiger partial charge in [0, 0.05) is 36.5 Å². The van der Waals surface area contributed by atoms with Gasteiger partial charge in [0.25, 0.3) is 0 Å². The number of aromatic amines is 1. The average molecular weight is 386 g/mol. The number of nitrogens with one attached hydrogen (secondary N) is 2. The van der Waals surface area contributed by atoms with Crippen LogP contribution in [0.25, 0.3) is 17.2 Å². The largest absolute Gasteiger partial charge is 0.449 e. The predicted molar refractivity (Wildman–Crippen MR) is 114 cm³/mol. The molecule has 0 atom stereocenters. The molecule has 1 amide bonds. The molecule has 0 radical (unpaired) electrons. The van der Waals surface area contributed by atoms with E-state index in [9.17, 15) is 9.59 Å². The van der Waals surface area contributed by atoms with Gasteiger partial charge in [-0.15, -0.1) is 0 Å². The molecule has 0 saturated heterocycles. The third kappa shape index (κ3) is 4.29. The Balaban J connectivity index is 1.28. The van der Waals surface area contributed by atoms with Crippen LogP contribution in [0.4, 0.5) is 4.79 Å². The minimum atomic E-state index is -0.423. The van der Waals surface area contributed by atoms with Crippen molar-refractivity contribution in [2.45, 2.75) is 12.3 Å². The fourth-order valence-electron chi connectivity index (χ4n) is 3.68. The van der Waals surface area contributed by atoms with Crippen LogP contribution < -0.4 is 10.7 Å². The summed E-state index contributed by atoms with van der Waals surface area (Å²) in [4.78, 5) is 26.4. The Morgan fingerprint density at radius 3 is 2.41 bits per heavy atom.